The molecule has 1 aliphatic carbocycles. The van der Waals surface area contributed by atoms with Crippen LogP contribution >= 0.6 is 0 Å². The van der Waals surface area contributed by atoms with Crippen molar-refractivity contribution in [1.29, 1.82) is 0 Å². The van der Waals surface area contributed by atoms with Crippen LogP contribution in [0.2, 0.25) is 0 Å². The summed E-state index contributed by atoms with van der Waals surface area (Å²) in [6, 6.07) is 5.12. The minimum atomic E-state index is -0.0857. The number of nitrogens with two attached hydrogens (primary N) is 1. The average molecular weight is 291 g/mol. The quantitative estimate of drug-likeness (QED) is 0.813. The smallest absolute Gasteiger partial charge is 0.251 e. The molecule has 0 spiro atoms. The summed E-state index contributed by atoms with van der Waals surface area (Å²) in [5.41, 5.74) is 6.99. The van der Waals surface area contributed by atoms with E-state index in [0.29, 0.717) is 23.5 Å². The predicted molar refractivity (Wildman–Crippen MR) is 84.6 cm³/mol. The van der Waals surface area contributed by atoms with Gasteiger partial charge in [0, 0.05) is 17.6 Å². The Hall–Kier alpha value is -1.75. The predicted octanol–water partition coefficient (Wildman–Crippen LogP) is 1.88. The zero-order valence-corrected chi connectivity index (χ0v) is 13.1. The summed E-state index contributed by atoms with van der Waals surface area (Å²) in [6.45, 7) is 0.671. The Morgan fingerprint density at radius 3 is 2.57 bits per heavy atom. The summed E-state index contributed by atoms with van der Waals surface area (Å²) in [5.74, 6) is 0.504. The van der Waals surface area contributed by atoms with Gasteiger partial charge in [0.2, 0.25) is 0 Å². The molecule has 2 rings (SSSR count). The SMILES string of the molecule is COc1ccc(C(=O)NCC2(N(C)C)CCCC2)cc1N. The molecule has 5 heteroatoms. The van der Waals surface area contributed by atoms with Crippen molar-refractivity contribution in [3.63, 3.8) is 0 Å². The molecule has 5 nitrogen and oxygen atoms in total. The van der Waals surface area contributed by atoms with Crippen LogP contribution in [0.25, 0.3) is 0 Å². The standard InChI is InChI=1S/C16H25N3O2/c1-19(2)16(8-4-5-9-16)11-18-15(20)12-6-7-14(21-3)13(17)10-12/h6-7,10H,4-5,8-9,11,17H2,1-3H3,(H,18,20). The van der Waals surface area contributed by atoms with Crippen LogP contribution in [-0.4, -0.2) is 44.1 Å². The lowest BCUT2D eigenvalue weighted by Gasteiger charge is -2.36. The van der Waals surface area contributed by atoms with Gasteiger partial charge in [-0.05, 0) is 45.1 Å². The summed E-state index contributed by atoms with van der Waals surface area (Å²) in [6.07, 6.45) is 4.71. The molecule has 0 unspecified atom stereocenters. The van der Waals surface area contributed by atoms with Gasteiger partial charge in [-0.25, -0.2) is 0 Å². The van der Waals surface area contributed by atoms with Gasteiger partial charge in [0.1, 0.15) is 5.75 Å². The molecule has 1 fully saturated rings. The number of nitrogens with zero attached hydrogens (tertiary/aromatic N) is 1. The molecule has 116 valence electrons. The van der Waals surface area contributed by atoms with E-state index in [1.807, 2.05) is 0 Å². The van der Waals surface area contributed by atoms with Crippen LogP contribution < -0.4 is 15.8 Å². The second-order valence-corrected chi connectivity index (χ2v) is 5.97. The third-order valence-corrected chi connectivity index (χ3v) is 4.55. The topological polar surface area (TPSA) is 67.6 Å². The Morgan fingerprint density at radius 2 is 2.05 bits per heavy atom. The molecular weight excluding hydrogens is 266 g/mol. The molecule has 0 heterocycles. The second-order valence-electron chi connectivity index (χ2n) is 5.97. The Labute approximate surface area is 126 Å². The number of nitrogens with one attached hydrogen (secondary N) is 1. The van der Waals surface area contributed by atoms with Crippen molar-refractivity contribution in [1.82, 2.24) is 10.2 Å². The number of hydrogen-bond donors (Lipinski definition) is 2. The third kappa shape index (κ3) is 3.29. The molecule has 1 amide bonds. The number of methoxy groups -OCH3 is 1. The lowest BCUT2D eigenvalue weighted by Crippen LogP contribution is -2.50. The first-order valence-electron chi connectivity index (χ1n) is 7.38. The van der Waals surface area contributed by atoms with Gasteiger partial charge in [-0.3, -0.25) is 4.79 Å². The summed E-state index contributed by atoms with van der Waals surface area (Å²) in [7, 11) is 5.73. The number of carbonyl (C=O) groups excluding carboxylic acids is 1. The number of anilines is 1. The third-order valence-electron chi connectivity index (χ3n) is 4.55. The number of hydrogen-bond acceptors (Lipinski definition) is 4. The van der Waals surface area contributed by atoms with Gasteiger partial charge in [0.05, 0.1) is 12.8 Å². The minimum absolute atomic E-state index is 0.0857. The Bertz CT molecular complexity index is 508. The normalized spacial score (nSPS) is 17.0. The van der Waals surface area contributed by atoms with Crippen molar-refractivity contribution in [2.75, 3.05) is 33.5 Å². The number of carbonyl (C=O) groups is 1. The monoisotopic (exact) mass is 291 g/mol. The van der Waals surface area contributed by atoms with E-state index in [1.165, 1.54) is 12.8 Å². The van der Waals surface area contributed by atoms with Gasteiger partial charge >= 0.3 is 0 Å². The fourth-order valence-electron chi connectivity index (χ4n) is 3.04. The molecule has 1 aliphatic rings. The van der Waals surface area contributed by atoms with Crippen LogP contribution in [0.3, 0.4) is 0 Å². The van der Waals surface area contributed by atoms with Gasteiger partial charge in [-0.15, -0.1) is 0 Å². The van der Waals surface area contributed by atoms with E-state index in [0.717, 1.165) is 12.8 Å². The van der Waals surface area contributed by atoms with E-state index in [-0.39, 0.29) is 11.4 Å². The highest BCUT2D eigenvalue weighted by Crippen LogP contribution is 2.33. The van der Waals surface area contributed by atoms with Crippen LogP contribution in [0.15, 0.2) is 18.2 Å². The summed E-state index contributed by atoms with van der Waals surface area (Å²) >= 11 is 0. The zero-order valence-electron chi connectivity index (χ0n) is 13.1. The molecule has 1 aromatic carbocycles. The van der Waals surface area contributed by atoms with Crippen molar-refractivity contribution in [2.45, 2.75) is 31.2 Å². The maximum atomic E-state index is 12.3. The first-order chi connectivity index (χ1) is 9.98. The summed E-state index contributed by atoms with van der Waals surface area (Å²) in [4.78, 5) is 14.5. The molecule has 0 aromatic heterocycles. The molecule has 3 N–H and O–H groups in total. The highest BCUT2D eigenvalue weighted by atomic mass is 16.5. The molecule has 0 aliphatic heterocycles. The molecule has 21 heavy (non-hydrogen) atoms. The summed E-state index contributed by atoms with van der Waals surface area (Å²) < 4.78 is 5.11. The van der Waals surface area contributed by atoms with E-state index in [2.05, 4.69) is 24.3 Å². The van der Waals surface area contributed by atoms with Gasteiger partial charge in [-0.1, -0.05) is 12.8 Å². The van der Waals surface area contributed by atoms with Crippen molar-refractivity contribution >= 4 is 11.6 Å². The fraction of sp³-hybridized carbons (Fsp3) is 0.562. The zero-order chi connectivity index (χ0) is 15.5. The second kappa shape index (κ2) is 6.35. The van der Waals surface area contributed by atoms with Crippen molar-refractivity contribution in [2.24, 2.45) is 0 Å². The maximum absolute atomic E-state index is 12.3. The molecule has 0 atom stereocenters. The van der Waals surface area contributed by atoms with Crippen molar-refractivity contribution in [3.8, 4) is 5.75 Å². The Kier molecular flexibility index (Phi) is 4.73. The van der Waals surface area contributed by atoms with Crippen LogP contribution in [-0.2, 0) is 0 Å². The number of rotatable bonds is 5. The van der Waals surface area contributed by atoms with Crippen LogP contribution in [0.5, 0.6) is 5.75 Å². The summed E-state index contributed by atoms with van der Waals surface area (Å²) in [5, 5.41) is 3.05. The van der Waals surface area contributed by atoms with Crippen molar-refractivity contribution < 1.29 is 9.53 Å². The lowest BCUT2D eigenvalue weighted by atomic mass is 9.96. The molecule has 0 radical (unpaired) electrons. The molecule has 0 bridgehead atoms. The number of nitrogen functional groups attached to an aromatic ring is 1. The first-order valence-corrected chi connectivity index (χ1v) is 7.38. The Balaban J connectivity index is 2.03. The highest BCUT2D eigenvalue weighted by molar-refractivity contribution is 5.95. The molecule has 1 saturated carbocycles. The van der Waals surface area contributed by atoms with Crippen LogP contribution in [0.1, 0.15) is 36.0 Å². The van der Waals surface area contributed by atoms with E-state index >= 15 is 0 Å². The van der Waals surface area contributed by atoms with Crippen LogP contribution in [0, 0.1) is 0 Å². The molecule has 1 aromatic rings. The van der Waals surface area contributed by atoms with Crippen molar-refractivity contribution in [3.05, 3.63) is 23.8 Å². The largest absolute Gasteiger partial charge is 0.495 e. The number of ether oxygens (including phenoxy) is 1. The Morgan fingerprint density at radius 1 is 1.38 bits per heavy atom. The minimum Gasteiger partial charge on any atom is -0.495 e. The number of likely N-dealkylation sites (N-methyl/N-ethyl adjacent to an activating group) is 1. The number of benzene rings is 1. The van der Waals surface area contributed by atoms with Crippen LogP contribution in [0.4, 0.5) is 5.69 Å². The maximum Gasteiger partial charge on any atom is 0.251 e. The van der Waals surface area contributed by atoms with Gasteiger partial charge < -0.3 is 20.7 Å². The van der Waals surface area contributed by atoms with E-state index in [1.54, 1.807) is 25.3 Å². The van der Waals surface area contributed by atoms with E-state index in [4.69, 9.17) is 10.5 Å². The molecule has 0 saturated heterocycles. The van der Waals surface area contributed by atoms with E-state index in [9.17, 15) is 4.79 Å². The number of amides is 1. The first kappa shape index (κ1) is 15.6. The van der Waals surface area contributed by atoms with Gasteiger partial charge in [0.15, 0.2) is 0 Å². The fourth-order valence-corrected chi connectivity index (χ4v) is 3.04. The highest BCUT2D eigenvalue weighted by Gasteiger charge is 2.36. The lowest BCUT2D eigenvalue weighted by molar-refractivity contribution is 0.0900. The average Bonchev–Trinajstić information content (AvgIpc) is 2.95. The van der Waals surface area contributed by atoms with E-state index < -0.39 is 0 Å². The molecular formula is C16H25N3O2. The van der Waals surface area contributed by atoms with Gasteiger partial charge in [-0.2, -0.15) is 0 Å². The van der Waals surface area contributed by atoms with Gasteiger partial charge in [0.25, 0.3) is 5.91 Å².